The highest BCUT2D eigenvalue weighted by Gasteiger charge is 2.16. The summed E-state index contributed by atoms with van der Waals surface area (Å²) in [5.74, 6) is 1.27. The molecule has 0 unspecified atom stereocenters. The molecule has 0 fully saturated rings. The molecule has 5 nitrogen and oxygen atoms in total. The number of furan rings is 1. The van der Waals surface area contributed by atoms with Crippen LogP contribution in [-0.2, 0) is 0 Å². The van der Waals surface area contributed by atoms with Crippen molar-refractivity contribution in [3.8, 4) is 17.4 Å². The van der Waals surface area contributed by atoms with Gasteiger partial charge in [0, 0.05) is 11.5 Å². The Kier molecular flexibility index (Phi) is 1.44. The fourth-order valence-electron chi connectivity index (χ4n) is 2.02. The molecule has 17 heavy (non-hydrogen) atoms. The van der Waals surface area contributed by atoms with E-state index in [0.29, 0.717) is 22.4 Å². The summed E-state index contributed by atoms with van der Waals surface area (Å²) in [6.07, 6.45) is 1.43. The van der Waals surface area contributed by atoms with Gasteiger partial charge >= 0.3 is 0 Å². The fourth-order valence-corrected chi connectivity index (χ4v) is 2.02. The van der Waals surface area contributed by atoms with E-state index >= 15 is 0 Å². The number of nitrogens with zero attached hydrogens (tertiary/aromatic N) is 1. The summed E-state index contributed by atoms with van der Waals surface area (Å²) in [5.41, 5.74) is 1.40. The Balaban J connectivity index is 2.13. The van der Waals surface area contributed by atoms with Crippen LogP contribution in [-0.4, -0.2) is 16.9 Å². The van der Waals surface area contributed by atoms with Gasteiger partial charge in [-0.05, 0) is 12.1 Å². The zero-order chi connectivity index (χ0) is 11.4. The number of hydrogen-bond donors (Lipinski definition) is 1. The maximum Gasteiger partial charge on any atom is 0.291 e. The first kappa shape index (κ1) is 8.69. The fraction of sp³-hybridized carbons (Fsp3) is 0.0833. The largest absolute Gasteiger partial charge is 0.480 e. The van der Waals surface area contributed by atoms with Gasteiger partial charge in [0.2, 0.25) is 6.79 Å². The smallest absolute Gasteiger partial charge is 0.291 e. The molecule has 1 N–H and O–H groups in total. The van der Waals surface area contributed by atoms with Crippen molar-refractivity contribution in [1.29, 1.82) is 0 Å². The number of ether oxygens (including phenoxy) is 2. The summed E-state index contributed by atoms with van der Waals surface area (Å²) in [4.78, 5) is 4.39. The second-order valence-electron chi connectivity index (χ2n) is 3.86. The summed E-state index contributed by atoms with van der Waals surface area (Å²) in [6.45, 7) is 0.234. The van der Waals surface area contributed by atoms with Crippen LogP contribution in [0.5, 0.6) is 17.4 Å². The van der Waals surface area contributed by atoms with Gasteiger partial charge in [0.15, 0.2) is 11.5 Å². The van der Waals surface area contributed by atoms with Crippen LogP contribution in [0.1, 0.15) is 0 Å². The molecular weight excluding hydrogens is 222 g/mol. The monoisotopic (exact) mass is 229 g/mol. The second kappa shape index (κ2) is 2.82. The average Bonchev–Trinajstić information content (AvgIpc) is 2.91. The summed E-state index contributed by atoms with van der Waals surface area (Å²) >= 11 is 0. The van der Waals surface area contributed by atoms with Crippen LogP contribution < -0.4 is 9.47 Å². The highest BCUT2D eigenvalue weighted by Crippen LogP contribution is 2.37. The van der Waals surface area contributed by atoms with E-state index < -0.39 is 0 Å². The SMILES string of the molecule is Oc1occ2nc3cc4c(cc3cc12)OCO4. The lowest BCUT2D eigenvalue weighted by molar-refractivity contribution is 0.174. The quantitative estimate of drug-likeness (QED) is 0.641. The van der Waals surface area contributed by atoms with Gasteiger partial charge < -0.3 is 19.0 Å². The first-order valence-electron chi connectivity index (χ1n) is 5.12. The van der Waals surface area contributed by atoms with E-state index in [1.807, 2.05) is 18.2 Å². The third-order valence-electron chi connectivity index (χ3n) is 2.85. The maximum absolute atomic E-state index is 9.50. The third-order valence-corrected chi connectivity index (χ3v) is 2.85. The third kappa shape index (κ3) is 1.10. The molecule has 0 atom stereocenters. The molecule has 3 aromatic rings. The van der Waals surface area contributed by atoms with Crippen LogP contribution in [0.3, 0.4) is 0 Å². The standard InChI is InChI=1S/C12H7NO4/c14-12-7-1-6-2-10-11(17-5-16-10)3-8(6)13-9(7)4-15-12/h1-4,14H,5H2. The molecule has 3 heterocycles. The summed E-state index contributed by atoms with van der Waals surface area (Å²) < 4.78 is 15.5. The predicted molar refractivity (Wildman–Crippen MR) is 59.3 cm³/mol. The molecule has 84 valence electrons. The normalized spacial score (nSPS) is 13.6. The van der Waals surface area contributed by atoms with Gasteiger partial charge in [0.1, 0.15) is 11.8 Å². The van der Waals surface area contributed by atoms with Crippen molar-refractivity contribution >= 4 is 21.8 Å². The summed E-state index contributed by atoms with van der Waals surface area (Å²) in [5, 5.41) is 11.0. The molecule has 2 aromatic heterocycles. The summed E-state index contributed by atoms with van der Waals surface area (Å²) in [6, 6.07) is 5.48. The van der Waals surface area contributed by atoms with E-state index in [-0.39, 0.29) is 12.7 Å². The van der Waals surface area contributed by atoms with Crippen molar-refractivity contribution in [2.45, 2.75) is 0 Å². The molecule has 0 radical (unpaired) electrons. The van der Waals surface area contributed by atoms with Crippen LogP contribution in [0.15, 0.2) is 28.9 Å². The lowest BCUT2D eigenvalue weighted by Gasteiger charge is -2.00. The first-order chi connectivity index (χ1) is 8.31. The minimum atomic E-state index is -0.118. The van der Waals surface area contributed by atoms with Gasteiger partial charge in [-0.25, -0.2) is 4.98 Å². The van der Waals surface area contributed by atoms with E-state index in [9.17, 15) is 5.11 Å². The number of benzene rings is 1. The van der Waals surface area contributed by atoms with Crippen molar-refractivity contribution in [1.82, 2.24) is 4.98 Å². The molecule has 4 rings (SSSR count). The Morgan fingerprint density at radius 2 is 1.88 bits per heavy atom. The highest BCUT2D eigenvalue weighted by atomic mass is 16.7. The van der Waals surface area contributed by atoms with E-state index in [1.165, 1.54) is 6.26 Å². The first-order valence-corrected chi connectivity index (χ1v) is 5.12. The van der Waals surface area contributed by atoms with Gasteiger partial charge in [-0.15, -0.1) is 0 Å². The minimum absolute atomic E-state index is 0.118. The highest BCUT2D eigenvalue weighted by molar-refractivity contribution is 5.96. The predicted octanol–water partition coefficient (Wildman–Crippen LogP) is 2.42. The van der Waals surface area contributed by atoms with Crippen LogP contribution in [0.2, 0.25) is 0 Å². The average molecular weight is 229 g/mol. The van der Waals surface area contributed by atoms with Gasteiger partial charge in [-0.1, -0.05) is 0 Å². The number of hydrogen-bond acceptors (Lipinski definition) is 5. The molecule has 0 aliphatic carbocycles. The molecule has 0 saturated heterocycles. The van der Waals surface area contributed by atoms with Crippen molar-refractivity contribution in [3.05, 3.63) is 24.5 Å². The molecule has 0 amide bonds. The van der Waals surface area contributed by atoms with Crippen LogP contribution in [0, 0.1) is 0 Å². The zero-order valence-corrected chi connectivity index (χ0v) is 8.64. The number of rotatable bonds is 0. The van der Waals surface area contributed by atoms with E-state index in [4.69, 9.17) is 13.9 Å². The van der Waals surface area contributed by atoms with Crippen molar-refractivity contribution < 1.29 is 19.0 Å². The Hall–Kier alpha value is -2.43. The molecule has 1 aromatic carbocycles. The minimum Gasteiger partial charge on any atom is -0.480 e. The maximum atomic E-state index is 9.50. The molecule has 0 bridgehead atoms. The molecule has 1 aliphatic heterocycles. The van der Waals surface area contributed by atoms with Gasteiger partial charge in [0.25, 0.3) is 5.95 Å². The lowest BCUT2D eigenvalue weighted by atomic mass is 10.1. The molecular formula is C12H7NO4. The number of fused-ring (bicyclic) bond motifs is 3. The summed E-state index contributed by atoms with van der Waals surface area (Å²) in [7, 11) is 0. The van der Waals surface area contributed by atoms with Gasteiger partial charge in [0.05, 0.1) is 10.9 Å². The Labute approximate surface area is 95.2 Å². The number of pyridine rings is 1. The van der Waals surface area contributed by atoms with Gasteiger partial charge in [-0.2, -0.15) is 0 Å². The van der Waals surface area contributed by atoms with Crippen LogP contribution in [0.4, 0.5) is 0 Å². The number of aromatic nitrogens is 1. The topological polar surface area (TPSA) is 64.7 Å². The number of aromatic hydroxyl groups is 1. The van der Waals surface area contributed by atoms with Crippen molar-refractivity contribution in [2.75, 3.05) is 6.79 Å². The molecule has 5 heteroatoms. The van der Waals surface area contributed by atoms with Crippen LogP contribution in [0.25, 0.3) is 21.8 Å². The molecule has 1 aliphatic rings. The Morgan fingerprint density at radius 1 is 1.06 bits per heavy atom. The lowest BCUT2D eigenvalue weighted by Crippen LogP contribution is -1.92. The van der Waals surface area contributed by atoms with E-state index in [2.05, 4.69) is 4.98 Å². The Bertz CT molecular complexity index is 747. The zero-order valence-electron chi connectivity index (χ0n) is 8.64. The second-order valence-corrected chi connectivity index (χ2v) is 3.86. The van der Waals surface area contributed by atoms with Crippen molar-refractivity contribution in [3.63, 3.8) is 0 Å². The van der Waals surface area contributed by atoms with Crippen molar-refractivity contribution in [2.24, 2.45) is 0 Å². The van der Waals surface area contributed by atoms with E-state index in [1.54, 1.807) is 0 Å². The Morgan fingerprint density at radius 3 is 2.76 bits per heavy atom. The van der Waals surface area contributed by atoms with E-state index in [0.717, 1.165) is 10.9 Å². The van der Waals surface area contributed by atoms with Crippen LogP contribution >= 0.6 is 0 Å². The van der Waals surface area contributed by atoms with Gasteiger partial charge in [-0.3, -0.25) is 0 Å². The molecule has 0 saturated carbocycles. The molecule has 0 spiro atoms.